The number of alkyl carbamates (subject to hydrolysis) is 1. The predicted octanol–water partition coefficient (Wildman–Crippen LogP) is 2.34. The van der Waals surface area contributed by atoms with Crippen LogP contribution in [0.25, 0.3) is 0 Å². The molecule has 0 bridgehead atoms. The molecule has 1 aromatic carbocycles. The molecule has 1 aliphatic rings. The fourth-order valence-electron chi connectivity index (χ4n) is 2.59. The third-order valence-corrected chi connectivity index (χ3v) is 3.95. The molecule has 1 unspecified atom stereocenters. The van der Waals surface area contributed by atoms with Gasteiger partial charge >= 0.3 is 6.09 Å². The number of ether oxygens (including phenoxy) is 2. The normalized spacial score (nSPS) is 16.3. The second kappa shape index (κ2) is 10.1. The van der Waals surface area contributed by atoms with Gasteiger partial charge in [-0.25, -0.2) is 4.79 Å². The summed E-state index contributed by atoms with van der Waals surface area (Å²) >= 11 is 0. The zero-order valence-corrected chi connectivity index (χ0v) is 16.7. The summed E-state index contributed by atoms with van der Waals surface area (Å²) in [5, 5.41) is 8.16. The van der Waals surface area contributed by atoms with Crippen LogP contribution in [-0.2, 0) is 25.6 Å². The van der Waals surface area contributed by atoms with E-state index in [-0.39, 0.29) is 30.9 Å². The van der Waals surface area contributed by atoms with Crippen LogP contribution in [-0.4, -0.2) is 42.8 Å². The molecule has 0 spiro atoms. The minimum Gasteiger partial charge on any atom is -0.444 e. The Bertz CT molecular complexity index is 676. The molecular formula is C20H29N3O5. The second-order valence-corrected chi connectivity index (χ2v) is 7.64. The third kappa shape index (κ3) is 7.96. The van der Waals surface area contributed by atoms with Gasteiger partial charge in [0.15, 0.2) is 0 Å². The molecule has 0 saturated carbocycles. The van der Waals surface area contributed by atoms with Gasteiger partial charge in [0.1, 0.15) is 11.7 Å². The van der Waals surface area contributed by atoms with Gasteiger partial charge in [-0.1, -0.05) is 12.1 Å². The van der Waals surface area contributed by atoms with Gasteiger partial charge in [-0.15, -0.1) is 0 Å². The molecule has 8 nitrogen and oxygen atoms in total. The Kier molecular flexibility index (Phi) is 7.80. The van der Waals surface area contributed by atoms with E-state index in [2.05, 4.69) is 16.0 Å². The van der Waals surface area contributed by atoms with Gasteiger partial charge in [0, 0.05) is 31.8 Å². The minimum absolute atomic E-state index is 0.129. The Balaban J connectivity index is 1.66. The lowest BCUT2D eigenvalue weighted by molar-refractivity contribution is -0.124. The Morgan fingerprint density at radius 3 is 2.46 bits per heavy atom. The summed E-state index contributed by atoms with van der Waals surface area (Å²) in [5.41, 5.74) is 1.03. The summed E-state index contributed by atoms with van der Waals surface area (Å²) in [4.78, 5) is 35.4. The molecule has 8 heteroatoms. The Hall–Kier alpha value is -2.61. The van der Waals surface area contributed by atoms with Gasteiger partial charge in [0.2, 0.25) is 5.91 Å². The maximum atomic E-state index is 12.0. The topological polar surface area (TPSA) is 106 Å². The number of nitrogens with one attached hydrogen (secondary N) is 3. The van der Waals surface area contributed by atoms with Gasteiger partial charge < -0.3 is 25.4 Å². The van der Waals surface area contributed by atoms with Crippen LogP contribution in [0.2, 0.25) is 0 Å². The molecule has 154 valence electrons. The monoisotopic (exact) mass is 391 g/mol. The number of carbonyl (C=O) groups excluding carboxylic acids is 3. The second-order valence-electron chi connectivity index (χ2n) is 7.64. The molecule has 0 aromatic heterocycles. The van der Waals surface area contributed by atoms with E-state index in [1.54, 1.807) is 32.9 Å². The van der Waals surface area contributed by atoms with Crippen molar-refractivity contribution in [2.24, 2.45) is 0 Å². The van der Waals surface area contributed by atoms with Crippen molar-refractivity contribution in [2.45, 2.75) is 58.3 Å². The van der Waals surface area contributed by atoms with Gasteiger partial charge in [-0.2, -0.15) is 0 Å². The summed E-state index contributed by atoms with van der Waals surface area (Å²) < 4.78 is 10.5. The lowest BCUT2D eigenvalue weighted by atomic mass is 10.2. The maximum absolute atomic E-state index is 12.0. The quantitative estimate of drug-likeness (QED) is 0.662. The smallest absolute Gasteiger partial charge is 0.407 e. The Morgan fingerprint density at radius 1 is 1.14 bits per heavy atom. The number of amides is 3. The fraction of sp³-hybridized carbons (Fsp3) is 0.550. The van der Waals surface area contributed by atoms with Gasteiger partial charge in [0.25, 0.3) is 5.91 Å². The predicted molar refractivity (Wildman–Crippen MR) is 105 cm³/mol. The van der Waals surface area contributed by atoms with Gasteiger partial charge in [0.05, 0.1) is 0 Å². The summed E-state index contributed by atoms with van der Waals surface area (Å²) in [6.45, 7) is 6.53. The van der Waals surface area contributed by atoms with E-state index in [0.717, 1.165) is 18.4 Å². The molecule has 1 heterocycles. The minimum atomic E-state index is -0.567. The molecule has 1 aromatic rings. The Labute approximate surface area is 165 Å². The van der Waals surface area contributed by atoms with E-state index < -0.39 is 11.7 Å². The molecule has 2 rings (SSSR count). The van der Waals surface area contributed by atoms with Crippen LogP contribution in [0.15, 0.2) is 24.3 Å². The zero-order valence-electron chi connectivity index (χ0n) is 16.7. The summed E-state index contributed by atoms with van der Waals surface area (Å²) in [5.74, 6) is -0.303. The van der Waals surface area contributed by atoms with Crippen molar-refractivity contribution < 1.29 is 23.9 Å². The fourth-order valence-corrected chi connectivity index (χ4v) is 2.59. The van der Waals surface area contributed by atoms with E-state index in [9.17, 15) is 14.4 Å². The molecular weight excluding hydrogens is 362 g/mol. The number of anilines is 1. The number of benzene rings is 1. The van der Waals surface area contributed by atoms with E-state index in [4.69, 9.17) is 9.47 Å². The van der Waals surface area contributed by atoms with Gasteiger partial charge in [-0.3, -0.25) is 9.59 Å². The van der Waals surface area contributed by atoms with E-state index in [1.807, 2.05) is 12.1 Å². The SMILES string of the molecule is CC(C)(C)OC(=O)NCCC(=O)NCc1ccc(NC(=O)C2CCCO2)cc1. The van der Waals surface area contributed by atoms with Gasteiger partial charge in [-0.05, 0) is 51.3 Å². The highest BCUT2D eigenvalue weighted by Crippen LogP contribution is 2.15. The summed E-state index contributed by atoms with van der Waals surface area (Å²) in [7, 11) is 0. The van der Waals surface area contributed by atoms with E-state index in [1.165, 1.54) is 0 Å². The first-order valence-electron chi connectivity index (χ1n) is 9.48. The average Bonchev–Trinajstić information content (AvgIpc) is 3.14. The van der Waals surface area contributed by atoms with Crippen LogP contribution >= 0.6 is 0 Å². The van der Waals surface area contributed by atoms with Crippen molar-refractivity contribution in [1.29, 1.82) is 0 Å². The molecule has 28 heavy (non-hydrogen) atoms. The largest absolute Gasteiger partial charge is 0.444 e. The van der Waals surface area contributed by atoms with Crippen LogP contribution in [0.1, 0.15) is 45.6 Å². The summed E-state index contributed by atoms with van der Waals surface area (Å²) in [6, 6.07) is 7.26. The lowest BCUT2D eigenvalue weighted by Crippen LogP contribution is -2.35. The van der Waals surface area contributed by atoms with Crippen molar-refractivity contribution in [1.82, 2.24) is 10.6 Å². The first-order chi connectivity index (χ1) is 13.2. The van der Waals surface area contributed by atoms with E-state index in [0.29, 0.717) is 18.8 Å². The highest BCUT2D eigenvalue weighted by atomic mass is 16.6. The average molecular weight is 391 g/mol. The van der Waals surface area contributed by atoms with Crippen LogP contribution < -0.4 is 16.0 Å². The van der Waals surface area contributed by atoms with Crippen molar-refractivity contribution in [3.63, 3.8) is 0 Å². The maximum Gasteiger partial charge on any atom is 0.407 e. The molecule has 1 aliphatic heterocycles. The molecule has 1 saturated heterocycles. The lowest BCUT2D eigenvalue weighted by Gasteiger charge is -2.19. The standard InChI is InChI=1S/C20H29N3O5/c1-20(2,3)28-19(26)21-11-10-17(24)22-13-14-6-8-15(9-7-14)23-18(25)16-5-4-12-27-16/h6-9,16H,4-5,10-13H2,1-3H3,(H,21,26)(H,22,24)(H,23,25). The zero-order chi connectivity index (χ0) is 20.6. The molecule has 3 N–H and O–H groups in total. The third-order valence-electron chi connectivity index (χ3n) is 3.95. The van der Waals surface area contributed by atoms with Crippen molar-refractivity contribution in [3.8, 4) is 0 Å². The van der Waals surface area contributed by atoms with Crippen molar-refractivity contribution in [2.75, 3.05) is 18.5 Å². The molecule has 3 amide bonds. The molecule has 0 radical (unpaired) electrons. The highest BCUT2D eigenvalue weighted by Gasteiger charge is 2.23. The molecule has 1 fully saturated rings. The molecule has 1 atom stereocenters. The number of hydrogen-bond donors (Lipinski definition) is 3. The van der Waals surface area contributed by atoms with Crippen LogP contribution in [0.5, 0.6) is 0 Å². The number of carbonyl (C=O) groups is 3. The first-order valence-corrected chi connectivity index (χ1v) is 9.48. The van der Waals surface area contributed by atoms with Crippen molar-refractivity contribution >= 4 is 23.6 Å². The number of hydrogen-bond acceptors (Lipinski definition) is 5. The first kappa shape index (κ1) is 21.7. The highest BCUT2D eigenvalue weighted by molar-refractivity contribution is 5.94. The van der Waals surface area contributed by atoms with Crippen LogP contribution in [0, 0.1) is 0 Å². The summed E-state index contributed by atoms with van der Waals surface area (Å²) in [6.07, 6.45) is 0.909. The van der Waals surface area contributed by atoms with Crippen LogP contribution in [0.4, 0.5) is 10.5 Å². The number of rotatable bonds is 7. The van der Waals surface area contributed by atoms with E-state index >= 15 is 0 Å². The Morgan fingerprint density at radius 2 is 1.86 bits per heavy atom. The van der Waals surface area contributed by atoms with Crippen molar-refractivity contribution in [3.05, 3.63) is 29.8 Å². The molecule has 0 aliphatic carbocycles. The van der Waals surface area contributed by atoms with Crippen LogP contribution in [0.3, 0.4) is 0 Å².